The highest BCUT2D eigenvalue weighted by molar-refractivity contribution is 7.99. The lowest BCUT2D eigenvalue weighted by Gasteiger charge is -2.23. The maximum absolute atomic E-state index is 12.5. The van der Waals surface area contributed by atoms with Crippen molar-refractivity contribution in [3.05, 3.63) is 34.9 Å². The fourth-order valence-corrected chi connectivity index (χ4v) is 3.50. The average Bonchev–Trinajstić information content (AvgIpc) is 3.01. The number of nitrogens with one attached hydrogen (secondary N) is 1. The summed E-state index contributed by atoms with van der Waals surface area (Å²) in [6.07, 6.45) is 1.74. The van der Waals surface area contributed by atoms with Gasteiger partial charge in [-0.1, -0.05) is 11.6 Å². The molecule has 8 heteroatoms. The van der Waals surface area contributed by atoms with Gasteiger partial charge in [-0.3, -0.25) is 9.59 Å². The lowest BCUT2D eigenvalue weighted by molar-refractivity contribution is -0.124. The summed E-state index contributed by atoms with van der Waals surface area (Å²) < 4.78 is 0. The van der Waals surface area contributed by atoms with E-state index in [1.165, 1.54) is 0 Å². The van der Waals surface area contributed by atoms with E-state index >= 15 is 0 Å². The Labute approximate surface area is 151 Å². The van der Waals surface area contributed by atoms with Gasteiger partial charge in [0.2, 0.25) is 5.91 Å². The van der Waals surface area contributed by atoms with Gasteiger partial charge in [0.25, 0.3) is 5.91 Å². The third-order valence-electron chi connectivity index (χ3n) is 3.47. The first-order chi connectivity index (χ1) is 10.6. The van der Waals surface area contributed by atoms with Crippen molar-refractivity contribution in [3.63, 3.8) is 0 Å². The van der Waals surface area contributed by atoms with E-state index in [1.54, 1.807) is 40.9 Å². The van der Waals surface area contributed by atoms with Gasteiger partial charge in [-0.25, -0.2) is 0 Å². The number of carbonyl (C=O) groups excluding carboxylic acids is 2. The first kappa shape index (κ1) is 20.1. The van der Waals surface area contributed by atoms with E-state index in [4.69, 9.17) is 17.3 Å². The second kappa shape index (κ2) is 10.0. The molecule has 1 fully saturated rings. The number of unbranched alkanes of at least 4 members (excludes halogenated alkanes) is 1. The molecule has 1 unspecified atom stereocenters. The minimum atomic E-state index is -0.411. The summed E-state index contributed by atoms with van der Waals surface area (Å²) in [4.78, 5) is 26.4. The second-order valence-corrected chi connectivity index (χ2v) is 6.52. The fraction of sp³-hybridized carbons (Fsp3) is 0.467. The normalized spacial score (nSPS) is 16.8. The number of hydrogen-bond acceptors (Lipinski definition) is 4. The number of rotatable bonds is 6. The van der Waals surface area contributed by atoms with Crippen LogP contribution in [0.25, 0.3) is 0 Å². The van der Waals surface area contributed by atoms with Crippen molar-refractivity contribution < 1.29 is 9.59 Å². The van der Waals surface area contributed by atoms with Crippen LogP contribution in [0.2, 0.25) is 5.02 Å². The molecule has 1 aromatic carbocycles. The number of hydrogen-bond donors (Lipinski definition) is 2. The maximum atomic E-state index is 12.5. The molecule has 0 spiro atoms. The summed E-state index contributed by atoms with van der Waals surface area (Å²) in [5.41, 5.74) is 5.97. The Morgan fingerprint density at radius 2 is 2.00 bits per heavy atom. The Balaban J connectivity index is 0.00000264. The van der Waals surface area contributed by atoms with E-state index in [2.05, 4.69) is 5.32 Å². The molecule has 0 aliphatic carbocycles. The monoisotopic (exact) mass is 377 g/mol. The van der Waals surface area contributed by atoms with Crippen LogP contribution in [0.5, 0.6) is 0 Å². The quantitative estimate of drug-likeness (QED) is 0.744. The van der Waals surface area contributed by atoms with Crippen LogP contribution in [0.4, 0.5) is 0 Å². The molecular weight excluding hydrogens is 357 g/mol. The smallest absolute Gasteiger partial charge is 0.255 e. The maximum Gasteiger partial charge on any atom is 0.255 e. The van der Waals surface area contributed by atoms with Gasteiger partial charge in [-0.15, -0.1) is 24.2 Å². The molecule has 1 heterocycles. The predicted molar refractivity (Wildman–Crippen MR) is 97.3 cm³/mol. The van der Waals surface area contributed by atoms with Crippen LogP contribution < -0.4 is 11.1 Å². The molecule has 1 aromatic rings. The van der Waals surface area contributed by atoms with Crippen LogP contribution in [0.15, 0.2) is 24.3 Å². The number of carbonyl (C=O) groups is 2. The van der Waals surface area contributed by atoms with Gasteiger partial charge >= 0.3 is 0 Å². The zero-order valence-electron chi connectivity index (χ0n) is 12.7. The molecule has 3 N–H and O–H groups in total. The number of nitrogens with two attached hydrogens (primary N) is 1. The van der Waals surface area contributed by atoms with Gasteiger partial charge in [-0.2, -0.15) is 0 Å². The molecule has 1 saturated heterocycles. The largest absolute Gasteiger partial charge is 0.354 e. The summed E-state index contributed by atoms with van der Waals surface area (Å²) in [6, 6.07) is 6.32. The van der Waals surface area contributed by atoms with E-state index in [-0.39, 0.29) is 24.2 Å². The zero-order chi connectivity index (χ0) is 15.9. The Kier molecular flexibility index (Phi) is 8.76. The number of halogens is 2. The zero-order valence-corrected chi connectivity index (χ0v) is 15.1. The topological polar surface area (TPSA) is 75.4 Å². The van der Waals surface area contributed by atoms with Gasteiger partial charge in [0.1, 0.15) is 6.04 Å². The van der Waals surface area contributed by atoms with Crippen molar-refractivity contribution in [3.8, 4) is 0 Å². The van der Waals surface area contributed by atoms with Crippen LogP contribution in [-0.4, -0.2) is 47.5 Å². The molecule has 0 saturated carbocycles. The molecule has 0 bridgehead atoms. The minimum absolute atomic E-state index is 0. The first-order valence-corrected chi connectivity index (χ1v) is 8.79. The highest BCUT2D eigenvalue weighted by atomic mass is 35.5. The van der Waals surface area contributed by atoms with Crippen molar-refractivity contribution in [1.29, 1.82) is 0 Å². The molecule has 1 aliphatic rings. The van der Waals surface area contributed by atoms with Gasteiger partial charge in [0, 0.05) is 22.9 Å². The summed E-state index contributed by atoms with van der Waals surface area (Å²) in [5.74, 6) is 0.929. The number of benzene rings is 1. The Bertz CT molecular complexity index is 528. The lowest BCUT2D eigenvalue weighted by Crippen LogP contribution is -2.47. The van der Waals surface area contributed by atoms with Gasteiger partial charge in [0.15, 0.2) is 0 Å². The Morgan fingerprint density at radius 3 is 2.65 bits per heavy atom. The molecule has 2 rings (SSSR count). The first-order valence-electron chi connectivity index (χ1n) is 7.25. The molecule has 0 radical (unpaired) electrons. The second-order valence-electron chi connectivity index (χ2n) is 5.08. The van der Waals surface area contributed by atoms with Gasteiger partial charge < -0.3 is 16.0 Å². The summed E-state index contributed by atoms with van der Waals surface area (Å²) >= 11 is 7.42. The van der Waals surface area contributed by atoms with Crippen LogP contribution in [-0.2, 0) is 4.79 Å². The molecule has 1 atom stereocenters. The molecule has 23 heavy (non-hydrogen) atoms. The van der Waals surface area contributed by atoms with Crippen LogP contribution in [0.3, 0.4) is 0 Å². The fourth-order valence-electron chi connectivity index (χ4n) is 2.22. The predicted octanol–water partition coefficient (Wildman–Crippen LogP) is 2.13. The highest BCUT2D eigenvalue weighted by Gasteiger charge is 2.34. The van der Waals surface area contributed by atoms with Crippen molar-refractivity contribution in [2.45, 2.75) is 18.9 Å². The highest BCUT2D eigenvalue weighted by Crippen LogP contribution is 2.23. The third-order valence-corrected chi connectivity index (χ3v) is 4.73. The number of nitrogens with zero attached hydrogens (tertiary/aromatic N) is 1. The third kappa shape index (κ3) is 5.57. The lowest BCUT2D eigenvalue weighted by atomic mass is 10.1. The van der Waals surface area contributed by atoms with Crippen LogP contribution in [0, 0.1) is 0 Å². The van der Waals surface area contributed by atoms with E-state index in [0.717, 1.165) is 12.8 Å². The van der Waals surface area contributed by atoms with Crippen molar-refractivity contribution in [2.75, 3.05) is 24.7 Å². The standard InChI is InChI=1S/C15H20ClN3O2S.ClH/c16-12-5-3-11(4-6-12)15(21)19-10-22-9-13(19)14(20)18-8-2-1-7-17;/h3-6,13H,1-2,7-10,17H2,(H,18,20);1H. The summed E-state index contributed by atoms with van der Waals surface area (Å²) in [5, 5.41) is 3.47. The Morgan fingerprint density at radius 1 is 1.30 bits per heavy atom. The molecule has 0 aromatic heterocycles. The van der Waals surface area contributed by atoms with E-state index in [9.17, 15) is 9.59 Å². The summed E-state index contributed by atoms with van der Waals surface area (Å²) in [6.45, 7) is 1.22. The number of amides is 2. The minimum Gasteiger partial charge on any atom is -0.354 e. The van der Waals surface area contributed by atoms with Gasteiger partial charge in [-0.05, 0) is 43.7 Å². The average molecular weight is 378 g/mol. The van der Waals surface area contributed by atoms with E-state index in [1.807, 2.05) is 0 Å². The van der Waals surface area contributed by atoms with E-state index < -0.39 is 6.04 Å². The van der Waals surface area contributed by atoms with Crippen molar-refractivity contribution >= 4 is 47.6 Å². The Hall–Kier alpha value is -0.950. The van der Waals surface area contributed by atoms with Crippen molar-refractivity contribution in [2.24, 2.45) is 5.73 Å². The van der Waals surface area contributed by atoms with Crippen LogP contribution in [0.1, 0.15) is 23.2 Å². The molecule has 2 amide bonds. The van der Waals surface area contributed by atoms with Crippen LogP contribution >= 0.6 is 35.8 Å². The molecular formula is C15H21Cl2N3O2S. The van der Waals surface area contributed by atoms with Crippen molar-refractivity contribution in [1.82, 2.24) is 10.2 Å². The molecule has 5 nitrogen and oxygen atoms in total. The SMILES string of the molecule is Cl.NCCCCNC(=O)C1CSCN1C(=O)c1ccc(Cl)cc1. The van der Waals surface area contributed by atoms with Gasteiger partial charge in [0.05, 0.1) is 5.88 Å². The molecule has 1 aliphatic heterocycles. The summed E-state index contributed by atoms with van der Waals surface area (Å²) in [7, 11) is 0. The molecule has 128 valence electrons. The van der Waals surface area contributed by atoms with E-state index in [0.29, 0.717) is 35.3 Å². The number of thioether (sulfide) groups is 1.